The summed E-state index contributed by atoms with van der Waals surface area (Å²) in [7, 11) is -3.16. The van der Waals surface area contributed by atoms with E-state index in [0.29, 0.717) is 17.9 Å². The van der Waals surface area contributed by atoms with Crippen molar-refractivity contribution in [1.29, 1.82) is 0 Å². The molecule has 1 unspecified atom stereocenters. The van der Waals surface area contributed by atoms with Crippen molar-refractivity contribution in [3.05, 3.63) is 42.5 Å². The Bertz CT molecular complexity index is 385. The zero-order valence-corrected chi connectivity index (χ0v) is 9.91. The maximum Gasteiger partial charge on any atom is 0.229 e. The van der Waals surface area contributed by atoms with Gasteiger partial charge in [-0.25, -0.2) is 0 Å². The highest BCUT2D eigenvalue weighted by Crippen LogP contribution is 2.41. The lowest BCUT2D eigenvalue weighted by Gasteiger charge is -2.13. The van der Waals surface area contributed by atoms with Crippen LogP contribution in [0.1, 0.15) is 18.4 Å². The highest BCUT2D eigenvalue weighted by atomic mass is 31.2. The van der Waals surface area contributed by atoms with Gasteiger partial charge in [-0.2, -0.15) is 0 Å². The third kappa shape index (κ3) is 3.33. The molecule has 0 saturated carbocycles. The highest BCUT2D eigenvalue weighted by Gasteiger charge is 2.21. The lowest BCUT2D eigenvalue weighted by atomic mass is 10.2. The summed E-state index contributed by atoms with van der Waals surface area (Å²) in [6.45, 7) is 5.47. The van der Waals surface area contributed by atoms with Gasteiger partial charge >= 0.3 is 0 Å². The molecule has 1 atom stereocenters. The molecular weight excluding hydrogens is 207 g/mol. The summed E-state index contributed by atoms with van der Waals surface area (Å²) in [6, 6.07) is 7.29. The fraction of sp³-hybridized carbons (Fsp3) is 0.333. The molecule has 0 spiro atoms. The molecule has 0 bridgehead atoms. The molecule has 0 aliphatic heterocycles. The second-order valence-corrected chi connectivity index (χ2v) is 5.97. The minimum atomic E-state index is -3.16. The van der Waals surface area contributed by atoms with Crippen molar-refractivity contribution < 1.29 is 9.46 Å². The van der Waals surface area contributed by atoms with Crippen LogP contribution in [0, 0.1) is 6.92 Å². The van der Waals surface area contributed by atoms with Crippen LogP contribution in [0.5, 0.6) is 0 Å². The largest absolute Gasteiger partial charge is 0.341 e. The molecule has 0 aliphatic carbocycles. The lowest BCUT2D eigenvalue weighted by molar-refractivity contribution is 0.488. The Morgan fingerprint density at radius 3 is 2.73 bits per heavy atom. The van der Waals surface area contributed by atoms with Crippen LogP contribution in [-0.4, -0.2) is 11.1 Å². The molecule has 1 aromatic rings. The zero-order valence-electron chi connectivity index (χ0n) is 9.02. The summed E-state index contributed by atoms with van der Waals surface area (Å²) in [5, 5.41) is 0.592. The van der Waals surface area contributed by atoms with Crippen LogP contribution in [0.3, 0.4) is 0 Å². The SMILES string of the molecule is C=CCCCP(=O)(O)c1ccccc1C. The summed E-state index contributed by atoms with van der Waals surface area (Å²) < 4.78 is 12.0. The molecule has 82 valence electrons. The van der Waals surface area contributed by atoms with Crippen LogP contribution in [-0.2, 0) is 4.57 Å². The highest BCUT2D eigenvalue weighted by molar-refractivity contribution is 7.66. The second-order valence-electron chi connectivity index (χ2n) is 3.64. The van der Waals surface area contributed by atoms with Gasteiger partial charge in [0.15, 0.2) is 0 Å². The Kier molecular flexibility index (Phi) is 4.31. The molecular formula is C12H17O2P. The van der Waals surface area contributed by atoms with E-state index in [2.05, 4.69) is 6.58 Å². The van der Waals surface area contributed by atoms with E-state index >= 15 is 0 Å². The van der Waals surface area contributed by atoms with Crippen LogP contribution < -0.4 is 5.30 Å². The number of rotatable bonds is 5. The molecule has 3 heteroatoms. The number of allylic oxidation sites excluding steroid dienone is 1. The van der Waals surface area contributed by atoms with E-state index in [-0.39, 0.29) is 0 Å². The molecule has 2 nitrogen and oxygen atoms in total. The van der Waals surface area contributed by atoms with Crippen molar-refractivity contribution in [3.63, 3.8) is 0 Å². The van der Waals surface area contributed by atoms with Gasteiger partial charge < -0.3 is 4.89 Å². The standard InChI is InChI=1S/C12H17O2P/c1-3-4-7-10-15(13,14)12-9-6-5-8-11(12)2/h3,5-6,8-9H,1,4,7,10H2,2H3,(H,13,14). The maximum atomic E-state index is 12.0. The van der Waals surface area contributed by atoms with Gasteiger partial charge in [0, 0.05) is 11.5 Å². The third-order valence-electron chi connectivity index (χ3n) is 2.36. The Balaban J connectivity index is 2.81. The molecule has 1 aromatic carbocycles. The number of benzene rings is 1. The number of unbranched alkanes of at least 4 members (excludes halogenated alkanes) is 1. The first kappa shape index (κ1) is 12.2. The zero-order chi connectivity index (χ0) is 11.3. The molecule has 0 radical (unpaired) electrons. The molecule has 0 heterocycles. The molecule has 0 amide bonds. The quantitative estimate of drug-likeness (QED) is 0.474. The normalized spacial score (nSPS) is 14.5. The first-order chi connectivity index (χ1) is 7.08. The van der Waals surface area contributed by atoms with E-state index in [9.17, 15) is 9.46 Å². The Morgan fingerprint density at radius 2 is 2.13 bits per heavy atom. The van der Waals surface area contributed by atoms with Crippen LogP contribution >= 0.6 is 7.37 Å². The van der Waals surface area contributed by atoms with Crippen LogP contribution in [0.4, 0.5) is 0 Å². The van der Waals surface area contributed by atoms with Crippen LogP contribution in [0.25, 0.3) is 0 Å². The average Bonchev–Trinajstić information content (AvgIpc) is 2.18. The van der Waals surface area contributed by atoms with E-state index < -0.39 is 7.37 Å². The van der Waals surface area contributed by atoms with Gasteiger partial charge in [-0.1, -0.05) is 24.3 Å². The molecule has 1 N–H and O–H groups in total. The Morgan fingerprint density at radius 1 is 1.47 bits per heavy atom. The first-order valence-corrected chi connectivity index (χ1v) is 6.91. The second kappa shape index (κ2) is 5.29. The minimum absolute atomic E-state index is 0.337. The minimum Gasteiger partial charge on any atom is -0.341 e. The summed E-state index contributed by atoms with van der Waals surface area (Å²) in [5.74, 6) is 0. The monoisotopic (exact) mass is 224 g/mol. The van der Waals surface area contributed by atoms with Crippen LogP contribution in [0.2, 0.25) is 0 Å². The smallest absolute Gasteiger partial charge is 0.229 e. The van der Waals surface area contributed by atoms with Crippen molar-refractivity contribution in [2.24, 2.45) is 0 Å². The number of aryl methyl sites for hydroxylation is 1. The van der Waals surface area contributed by atoms with E-state index in [4.69, 9.17) is 0 Å². The van der Waals surface area contributed by atoms with Gasteiger partial charge in [-0.3, -0.25) is 4.57 Å². The first-order valence-electron chi connectivity index (χ1n) is 5.07. The molecule has 0 aromatic heterocycles. The lowest BCUT2D eigenvalue weighted by Crippen LogP contribution is -2.10. The van der Waals surface area contributed by atoms with Crippen molar-refractivity contribution in [2.75, 3.05) is 6.16 Å². The van der Waals surface area contributed by atoms with Gasteiger partial charge in [0.2, 0.25) is 7.37 Å². The number of hydrogen-bond acceptors (Lipinski definition) is 1. The summed E-state index contributed by atoms with van der Waals surface area (Å²) in [4.78, 5) is 9.91. The fourth-order valence-corrected chi connectivity index (χ4v) is 3.32. The van der Waals surface area contributed by atoms with E-state index in [1.807, 2.05) is 19.1 Å². The third-order valence-corrected chi connectivity index (χ3v) is 4.54. The molecule has 0 aliphatic rings. The topological polar surface area (TPSA) is 37.3 Å². The average molecular weight is 224 g/mol. The van der Waals surface area contributed by atoms with Crippen molar-refractivity contribution in [3.8, 4) is 0 Å². The van der Waals surface area contributed by atoms with Crippen LogP contribution in [0.15, 0.2) is 36.9 Å². The summed E-state index contributed by atoms with van der Waals surface area (Å²) in [5.41, 5.74) is 0.891. The van der Waals surface area contributed by atoms with Crippen molar-refractivity contribution in [1.82, 2.24) is 0 Å². The molecule has 15 heavy (non-hydrogen) atoms. The Hall–Kier alpha value is -0.850. The fourth-order valence-electron chi connectivity index (χ4n) is 1.53. The molecule has 0 fully saturated rings. The van der Waals surface area contributed by atoms with Gasteiger partial charge in [0.05, 0.1) is 0 Å². The van der Waals surface area contributed by atoms with Gasteiger partial charge in [-0.15, -0.1) is 6.58 Å². The Labute approximate surface area is 91.1 Å². The van der Waals surface area contributed by atoms with Gasteiger partial charge in [0.1, 0.15) is 0 Å². The predicted molar refractivity (Wildman–Crippen MR) is 64.9 cm³/mol. The summed E-state index contributed by atoms with van der Waals surface area (Å²) >= 11 is 0. The van der Waals surface area contributed by atoms with Gasteiger partial charge in [-0.05, 0) is 31.4 Å². The molecule has 0 saturated heterocycles. The van der Waals surface area contributed by atoms with E-state index in [0.717, 1.165) is 12.0 Å². The van der Waals surface area contributed by atoms with E-state index in [1.54, 1.807) is 18.2 Å². The predicted octanol–water partition coefficient (Wildman–Crippen LogP) is 2.86. The van der Waals surface area contributed by atoms with Crippen molar-refractivity contribution >= 4 is 12.7 Å². The van der Waals surface area contributed by atoms with E-state index in [1.165, 1.54) is 0 Å². The maximum absolute atomic E-state index is 12.0. The number of hydrogen-bond donors (Lipinski definition) is 1. The van der Waals surface area contributed by atoms with Crippen molar-refractivity contribution in [2.45, 2.75) is 19.8 Å². The summed E-state index contributed by atoms with van der Waals surface area (Å²) in [6.07, 6.45) is 3.61. The molecule has 1 rings (SSSR count). The van der Waals surface area contributed by atoms with Gasteiger partial charge in [0.25, 0.3) is 0 Å².